The molecule has 1 rings (SSSR count). The number of rotatable bonds is 5. The Morgan fingerprint density at radius 1 is 1.67 bits per heavy atom. The molecule has 1 aromatic heterocycles. The Balaban J connectivity index is 0.00000196. The van der Waals surface area contributed by atoms with Gasteiger partial charge in [-0.25, -0.2) is 4.98 Å². The van der Waals surface area contributed by atoms with Gasteiger partial charge in [0.25, 0.3) is 0 Å². The Hall–Kier alpha value is -0.650. The predicted octanol–water partition coefficient (Wildman–Crippen LogP) is 1.17. The molecule has 0 aliphatic heterocycles. The fourth-order valence-corrected chi connectivity index (χ4v) is 1.47. The number of thiazole rings is 1. The zero-order valence-electron chi connectivity index (χ0n) is 8.82. The van der Waals surface area contributed by atoms with Crippen molar-refractivity contribution in [2.75, 3.05) is 6.54 Å². The summed E-state index contributed by atoms with van der Waals surface area (Å²) < 4.78 is 0. The van der Waals surface area contributed by atoms with Crippen LogP contribution >= 0.6 is 23.7 Å². The Labute approximate surface area is 99.7 Å². The quantitative estimate of drug-likeness (QED) is 0.823. The average Bonchev–Trinajstić information content (AvgIpc) is 2.56. The molecule has 0 fully saturated rings. The van der Waals surface area contributed by atoms with E-state index in [1.54, 1.807) is 16.8 Å². The summed E-state index contributed by atoms with van der Waals surface area (Å²) in [6.07, 6.45) is 0. The van der Waals surface area contributed by atoms with Crippen molar-refractivity contribution in [2.45, 2.75) is 20.4 Å². The second-order valence-electron chi connectivity index (χ2n) is 3.83. The molecule has 3 N–H and O–H groups in total. The molecule has 0 aliphatic carbocycles. The number of halogens is 1. The number of hydrogen-bond acceptors (Lipinski definition) is 4. The number of nitrogens with zero attached hydrogens (tertiary/aromatic N) is 1. The first-order valence-corrected chi connectivity index (χ1v) is 5.34. The second kappa shape index (κ2) is 6.05. The van der Waals surface area contributed by atoms with Crippen molar-refractivity contribution in [1.82, 2.24) is 10.3 Å². The maximum Gasteiger partial charge on any atom is 0.224 e. The highest BCUT2D eigenvalue weighted by molar-refractivity contribution is 7.07. The molecule has 0 atom stereocenters. The maximum atomic E-state index is 11.0. The van der Waals surface area contributed by atoms with E-state index >= 15 is 0 Å². The minimum Gasteiger partial charge on any atom is -0.369 e. The van der Waals surface area contributed by atoms with Gasteiger partial charge in [0.2, 0.25) is 5.91 Å². The van der Waals surface area contributed by atoms with Gasteiger partial charge in [0.1, 0.15) is 0 Å². The largest absolute Gasteiger partial charge is 0.369 e. The number of nitrogens with one attached hydrogen (secondary N) is 1. The zero-order valence-corrected chi connectivity index (χ0v) is 10.5. The van der Waals surface area contributed by atoms with Gasteiger partial charge in [-0.2, -0.15) is 0 Å². The summed E-state index contributed by atoms with van der Waals surface area (Å²) in [6, 6.07) is 0. The van der Waals surface area contributed by atoms with Gasteiger partial charge in [-0.15, -0.1) is 23.7 Å². The van der Waals surface area contributed by atoms with Crippen LogP contribution in [0.15, 0.2) is 10.9 Å². The topological polar surface area (TPSA) is 68.0 Å². The fourth-order valence-electron chi connectivity index (χ4n) is 0.915. The summed E-state index contributed by atoms with van der Waals surface area (Å²) in [5.41, 5.74) is 7.52. The molecule has 86 valence electrons. The number of aromatic nitrogens is 1. The number of hydrogen-bond donors (Lipinski definition) is 2. The van der Waals surface area contributed by atoms with Crippen molar-refractivity contribution in [3.63, 3.8) is 0 Å². The summed E-state index contributed by atoms with van der Waals surface area (Å²) in [5, 5.41) is 5.13. The SMILES string of the molecule is CC(C)(CNCc1cscn1)C(N)=O.Cl. The van der Waals surface area contributed by atoms with Crippen LogP contribution in [0, 0.1) is 5.41 Å². The van der Waals surface area contributed by atoms with Crippen molar-refractivity contribution < 1.29 is 4.79 Å². The van der Waals surface area contributed by atoms with Crippen LogP contribution < -0.4 is 11.1 Å². The van der Waals surface area contributed by atoms with Crippen LogP contribution in [0.5, 0.6) is 0 Å². The van der Waals surface area contributed by atoms with E-state index in [-0.39, 0.29) is 18.3 Å². The van der Waals surface area contributed by atoms with E-state index in [1.165, 1.54) is 0 Å². The summed E-state index contributed by atoms with van der Waals surface area (Å²) in [6.45, 7) is 4.90. The predicted molar refractivity (Wildman–Crippen MR) is 64.0 cm³/mol. The molecule has 0 saturated heterocycles. The monoisotopic (exact) mass is 249 g/mol. The molecular formula is C9H16ClN3OS. The molecule has 0 aromatic carbocycles. The number of carbonyl (C=O) groups excluding carboxylic acids is 1. The highest BCUT2D eigenvalue weighted by atomic mass is 35.5. The van der Waals surface area contributed by atoms with E-state index in [2.05, 4.69) is 10.3 Å². The molecule has 0 radical (unpaired) electrons. The van der Waals surface area contributed by atoms with E-state index < -0.39 is 5.41 Å². The first-order chi connectivity index (χ1) is 6.52. The minimum absolute atomic E-state index is 0. The number of carbonyl (C=O) groups is 1. The van der Waals surface area contributed by atoms with Gasteiger partial charge in [-0.3, -0.25) is 4.79 Å². The summed E-state index contributed by atoms with van der Waals surface area (Å²) >= 11 is 1.56. The fraction of sp³-hybridized carbons (Fsp3) is 0.556. The molecule has 1 aromatic rings. The normalized spacial score (nSPS) is 10.8. The van der Waals surface area contributed by atoms with Gasteiger partial charge in [0.05, 0.1) is 16.6 Å². The molecule has 0 unspecified atom stereocenters. The number of amides is 1. The van der Waals surface area contributed by atoms with Crippen molar-refractivity contribution in [1.29, 1.82) is 0 Å². The van der Waals surface area contributed by atoms with E-state index in [0.29, 0.717) is 13.1 Å². The zero-order chi connectivity index (χ0) is 10.6. The van der Waals surface area contributed by atoms with Gasteiger partial charge >= 0.3 is 0 Å². The summed E-state index contributed by atoms with van der Waals surface area (Å²) in [7, 11) is 0. The standard InChI is InChI=1S/C9H15N3OS.ClH/c1-9(2,8(10)13)5-11-3-7-4-14-6-12-7;/h4,6,11H,3,5H2,1-2H3,(H2,10,13);1H. The van der Waals surface area contributed by atoms with Crippen molar-refractivity contribution in [3.05, 3.63) is 16.6 Å². The first-order valence-electron chi connectivity index (χ1n) is 4.40. The van der Waals surface area contributed by atoms with Gasteiger partial charge in [-0.05, 0) is 13.8 Å². The van der Waals surface area contributed by atoms with E-state index in [0.717, 1.165) is 5.69 Å². The molecule has 0 bridgehead atoms. The van der Waals surface area contributed by atoms with Gasteiger partial charge < -0.3 is 11.1 Å². The Morgan fingerprint density at radius 2 is 2.33 bits per heavy atom. The third-order valence-corrected chi connectivity index (χ3v) is 2.66. The number of primary amides is 1. The van der Waals surface area contributed by atoms with Crippen LogP contribution in [0.4, 0.5) is 0 Å². The number of nitrogens with two attached hydrogens (primary N) is 1. The maximum absolute atomic E-state index is 11.0. The molecule has 6 heteroatoms. The molecule has 0 aliphatic rings. The van der Waals surface area contributed by atoms with Crippen LogP contribution in [0.2, 0.25) is 0 Å². The van der Waals surface area contributed by atoms with Gasteiger partial charge in [0.15, 0.2) is 0 Å². The Bertz CT molecular complexity index is 300. The average molecular weight is 250 g/mol. The highest BCUT2D eigenvalue weighted by Gasteiger charge is 2.23. The third kappa shape index (κ3) is 4.59. The van der Waals surface area contributed by atoms with Crippen LogP contribution in [0.25, 0.3) is 0 Å². The first kappa shape index (κ1) is 14.3. The van der Waals surface area contributed by atoms with Crippen molar-refractivity contribution in [3.8, 4) is 0 Å². The molecular weight excluding hydrogens is 234 g/mol. The molecule has 0 spiro atoms. The van der Waals surface area contributed by atoms with E-state index in [9.17, 15) is 4.79 Å². The van der Waals surface area contributed by atoms with Gasteiger partial charge in [0, 0.05) is 18.5 Å². The molecule has 15 heavy (non-hydrogen) atoms. The van der Waals surface area contributed by atoms with E-state index in [4.69, 9.17) is 5.73 Å². The summed E-state index contributed by atoms with van der Waals surface area (Å²) in [5.74, 6) is -0.289. The van der Waals surface area contributed by atoms with Crippen molar-refractivity contribution in [2.24, 2.45) is 11.1 Å². The lowest BCUT2D eigenvalue weighted by atomic mass is 9.93. The molecule has 4 nitrogen and oxygen atoms in total. The molecule has 0 saturated carbocycles. The second-order valence-corrected chi connectivity index (χ2v) is 4.55. The van der Waals surface area contributed by atoms with E-state index in [1.807, 2.05) is 19.2 Å². The lowest BCUT2D eigenvalue weighted by Gasteiger charge is -2.20. The van der Waals surface area contributed by atoms with Crippen molar-refractivity contribution >= 4 is 29.7 Å². The van der Waals surface area contributed by atoms with Crippen LogP contribution in [-0.2, 0) is 11.3 Å². The van der Waals surface area contributed by atoms with Crippen LogP contribution in [0.1, 0.15) is 19.5 Å². The Morgan fingerprint density at radius 3 is 2.80 bits per heavy atom. The Kier molecular flexibility index (Phi) is 5.79. The van der Waals surface area contributed by atoms with Crippen LogP contribution in [-0.4, -0.2) is 17.4 Å². The molecule has 1 heterocycles. The highest BCUT2D eigenvalue weighted by Crippen LogP contribution is 2.12. The molecule has 1 amide bonds. The smallest absolute Gasteiger partial charge is 0.224 e. The summed E-state index contributed by atoms with van der Waals surface area (Å²) in [4.78, 5) is 15.1. The lowest BCUT2D eigenvalue weighted by molar-refractivity contribution is -0.125. The van der Waals surface area contributed by atoms with Crippen LogP contribution in [0.3, 0.4) is 0 Å². The lowest BCUT2D eigenvalue weighted by Crippen LogP contribution is -2.40. The minimum atomic E-state index is -0.504. The van der Waals surface area contributed by atoms with Gasteiger partial charge in [-0.1, -0.05) is 0 Å². The third-order valence-electron chi connectivity index (χ3n) is 2.02.